The van der Waals surface area contributed by atoms with Crippen LogP contribution in [0.25, 0.3) is 10.9 Å². The zero-order valence-electron chi connectivity index (χ0n) is 18.7. The van der Waals surface area contributed by atoms with E-state index in [2.05, 4.69) is 16.4 Å². The number of hydrogen-bond acceptors (Lipinski definition) is 5. The first kappa shape index (κ1) is 22.9. The van der Waals surface area contributed by atoms with Gasteiger partial charge in [0.15, 0.2) is 0 Å². The number of sulfonamides is 1. The van der Waals surface area contributed by atoms with Crippen molar-refractivity contribution in [1.82, 2.24) is 19.5 Å². The predicted octanol–water partition coefficient (Wildman–Crippen LogP) is 2.86. The van der Waals surface area contributed by atoms with Gasteiger partial charge in [-0.1, -0.05) is 23.8 Å². The van der Waals surface area contributed by atoms with E-state index in [9.17, 15) is 13.2 Å². The highest BCUT2D eigenvalue weighted by molar-refractivity contribution is 7.89. The Kier molecular flexibility index (Phi) is 7.23. The van der Waals surface area contributed by atoms with Crippen LogP contribution in [0.3, 0.4) is 0 Å². The van der Waals surface area contributed by atoms with E-state index in [0.29, 0.717) is 44.8 Å². The second-order valence-corrected chi connectivity index (χ2v) is 10.6. The van der Waals surface area contributed by atoms with E-state index >= 15 is 0 Å². The first-order valence-corrected chi connectivity index (χ1v) is 12.9. The Bertz CT molecular complexity index is 1110. The van der Waals surface area contributed by atoms with Crippen LogP contribution in [-0.2, 0) is 14.8 Å². The number of rotatable bonds is 7. The summed E-state index contributed by atoms with van der Waals surface area (Å²) in [5, 5.41) is 3.83. The van der Waals surface area contributed by atoms with Gasteiger partial charge in [-0.2, -0.15) is 4.31 Å². The molecule has 8 heteroatoms. The van der Waals surface area contributed by atoms with Crippen molar-refractivity contribution in [2.45, 2.75) is 43.9 Å². The predicted molar refractivity (Wildman–Crippen MR) is 126 cm³/mol. The van der Waals surface area contributed by atoms with E-state index in [1.165, 1.54) is 22.7 Å². The zero-order valence-corrected chi connectivity index (χ0v) is 19.5. The number of carbonyl (C=O) groups is 1. The van der Waals surface area contributed by atoms with Crippen molar-refractivity contribution in [3.63, 3.8) is 0 Å². The Hall–Kier alpha value is -2.29. The fourth-order valence-corrected chi connectivity index (χ4v) is 6.06. The minimum absolute atomic E-state index is 0.00587. The highest BCUT2D eigenvalue weighted by atomic mass is 32.2. The van der Waals surface area contributed by atoms with Crippen LogP contribution >= 0.6 is 0 Å². The molecule has 0 saturated carbocycles. The minimum atomic E-state index is -3.64. The van der Waals surface area contributed by atoms with E-state index in [1.54, 1.807) is 18.3 Å². The van der Waals surface area contributed by atoms with Gasteiger partial charge in [0.25, 0.3) is 0 Å². The molecule has 1 saturated heterocycles. The van der Waals surface area contributed by atoms with E-state index in [1.807, 2.05) is 24.0 Å². The van der Waals surface area contributed by atoms with E-state index in [-0.39, 0.29) is 10.8 Å². The first-order valence-electron chi connectivity index (χ1n) is 11.5. The molecular weight excluding hydrogens is 424 g/mol. The molecule has 1 fully saturated rings. The third-order valence-corrected chi connectivity index (χ3v) is 8.21. The monoisotopic (exact) mass is 456 g/mol. The lowest BCUT2D eigenvalue weighted by Crippen LogP contribution is -2.51. The molecule has 0 atom stereocenters. The second-order valence-electron chi connectivity index (χ2n) is 8.73. The normalized spacial score (nSPS) is 18.5. The SMILES string of the molecule is Cc1cnc2c(S(=O)(=O)N3CCN(CC(=O)NCCC4=CCCCC4)CC3)cccc2c1. The number of benzene rings is 1. The zero-order chi connectivity index (χ0) is 22.6. The highest BCUT2D eigenvalue weighted by Gasteiger charge is 2.30. The van der Waals surface area contributed by atoms with Gasteiger partial charge in [0.05, 0.1) is 12.1 Å². The lowest BCUT2D eigenvalue weighted by molar-refractivity contribution is -0.122. The van der Waals surface area contributed by atoms with Crippen LogP contribution in [0.1, 0.15) is 37.7 Å². The van der Waals surface area contributed by atoms with Gasteiger partial charge >= 0.3 is 0 Å². The fourth-order valence-electron chi connectivity index (χ4n) is 4.47. The topological polar surface area (TPSA) is 82.6 Å². The molecule has 4 rings (SSSR count). The molecule has 2 aromatic rings. The molecule has 1 aliphatic carbocycles. The number of nitrogens with one attached hydrogen (secondary N) is 1. The Labute approximate surface area is 190 Å². The molecule has 32 heavy (non-hydrogen) atoms. The average molecular weight is 457 g/mol. The van der Waals surface area contributed by atoms with Gasteiger partial charge in [-0.15, -0.1) is 0 Å². The number of para-hydroxylation sites is 1. The third-order valence-electron chi connectivity index (χ3n) is 6.28. The number of allylic oxidation sites excluding steroid dienone is 1. The Morgan fingerprint density at radius 3 is 2.72 bits per heavy atom. The lowest BCUT2D eigenvalue weighted by atomic mass is 9.97. The third kappa shape index (κ3) is 5.36. The molecule has 7 nitrogen and oxygen atoms in total. The summed E-state index contributed by atoms with van der Waals surface area (Å²) in [5.74, 6) is 0.00587. The van der Waals surface area contributed by atoms with Crippen molar-refractivity contribution < 1.29 is 13.2 Å². The van der Waals surface area contributed by atoms with Crippen molar-refractivity contribution in [2.75, 3.05) is 39.3 Å². The number of aryl methyl sites for hydroxylation is 1. The van der Waals surface area contributed by atoms with Gasteiger partial charge in [-0.05, 0) is 56.7 Å². The number of aromatic nitrogens is 1. The molecule has 0 bridgehead atoms. The van der Waals surface area contributed by atoms with E-state index < -0.39 is 10.0 Å². The van der Waals surface area contributed by atoms with Gasteiger partial charge in [0.1, 0.15) is 4.90 Å². The summed E-state index contributed by atoms with van der Waals surface area (Å²) in [4.78, 5) is 19.0. The number of fused-ring (bicyclic) bond motifs is 1. The van der Waals surface area contributed by atoms with Gasteiger partial charge in [-0.3, -0.25) is 14.7 Å². The molecular formula is C24H32N4O3S. The molecule has 0 spiro atoms. The largest absolute Gasteiger partial charge is 0.355 e. The summed E-state index contributed by atoms with van der Waals surface area (Å²) in [7, 11) is -3.64. The fraction of sp³-hybridized carbons (Fsp3) is 0.500. The molecule has 2 heterocycles. The van der Waals surface area contributed by atoms with Gasteiger partial charge in [0.2, 0.25) is 15.9 Å². The molecule has 0 unspecified atom stereocenters. The first-order chi connectivity index (χ1) is 15.4. The molecule has 1 N–H and O–H groups in total. The second kappa shape index (κ2) is 10.1. The number of hydrogen-bond donors (Lipinski definition) is 1. The number of pyridine rings is 1. The highest BCUT2D eigenvalue weighted by Crippen LogP contribution is 2.25. The maximum atomic E-state index is 13.3. The number of carbonyl (C=O) groups excluding carboxylic acids is 1. The Morgan fingerprint density at radius 2 is 1.97 bits per heavy atom. The summed E-state index contributed by atoms with van der Waals surface area (Å²) in [6, 6.07) is 7.22. The molecule has 172 valence electrons. The Balaban J connectivity index is 1.30. The van der Waals surface area contributed by atoms with E-state index in [0.717, 1.165) is 30.2 Å². The summed E-state index contributed by atoms with van der Waals surface area (Å²) in [5.41, 5.74) is 2.95. The average Bonchev–Trinajstić information content (AvgIpc) is 2.79. The quantitative estimate of drug-likeness (QED) is 0.648. The molecule has 1 aromatic carbocycles. The molecule has 1 amide bonds. The summed E-state index contributed by atoms with van der Waals surface area (Å²) >= 11 is 0. The van der Waals surface area contributed by atoms with Gasteiger partial charge in [0, 0.05) is 44.3 Å². The van der Waals surface area contributed by atoms with Crippen molar-refractivity contribution in [1.29, 1.82) is 0 Å². The number of nitrogens with zero attached hydrogens (tertiary/aromatic N) is 3. The maximum absolute atomic E-state index is 13.3. The lowest BCUT2D eigenvalue weighted by Gasteiger charge is -2.33. The maximum Gasteiger partial charge on any atom is 0.245 e. The van der Waals surface area contributed by atoms with Crippen molar-refractivity contribution in [3.05, 3.63) is 47.7 Å². The van der Waals surface area contributed by atoms with Crippen LogP contribution in [-0.4, -0.2) is 67.8 Å². The van der Waals surface area contributed by atoms with Crippen LogP contribution in [0.5, 0.6) is 0 Å². The van der Waals surface area contributed by atoms with Crippen LogP contribution in [0.2, 0.25) is 0 Å². The molecule has 1 aliphatic heterocycles. The minimum Gasteiger partial charge on any atom is -0.355 e. The van der Waals surface area contributed by atoms with Gasteiger partial charge in [-0.25, -0.2) is 8.42 Å². The van der Waals surface area contributed by atoms with Crippen LogP contribution in [0.15, 0.2) is 47.0 Å². The smallest absolute Gasteiger partial charge is 0.245 e. The van der Waals surface area contributed by atoms with Crippen LogP contribution in [0, 0.1) is 6.92 Å². The van der Waals surface area contributed by atoms with Crippen molar-refractivity contribution in [3.8, 4) is 0 Å². The van der Waals surface area contributed by atoms with Gasteiger partial charge < -0.3 is 5.32 Å². The standard InChI is InChI=1S/C24H32N4O3S/c1-19-16-21-8-5-9-22(24(21)26-17-19)32(30,31)28-14-12-27(13-15-28)18-23(29)25-11-10-20-6-3-2-4-7-20/h5-6,8-9,16-17H,2-4,7,10-15,18H2,1H3,(H,25,29). The number of amides is 1. The summed E-state index contributed by atoms with van der Waals surface area (Å²) in [6.45, 7) is 4.73. The van der Waals surface area contributed by atoms with Crippen molar-refractivity contribution in [2.24, 2.45) is 0 Å². The summed E-state index contributed by atoms with van der Waals surface area (Å²) < 4.78 is 28.1. The summed E-state index contributed by atoms with van der Waals surface area (Å²) in [6.07, 6.45) is 9.76. The van der Waals surface area contributed by atoms with Crippen LogP contribution in [0.4, 0.5) is 0 Å². The molecule has 1 aromatic heterocycles. The molecule has 0 radical (unpaired) electrons. The molecule has 2 aliphatic rings. The van der Waals surface area contributed by atoms with E-state index in [4.69, 9.17) is 0 Å². The van der Waals surface area contributed by atoms with Crippen LogP contribution < -0.4 is 5.32 Å². The Morgan fingerprint density at radius 1 is 1.16 bits per heavy atom. The van der Waals surface area contributed by atoms with Crippen molar-refractivity contribution >= 4 is 26.8 Å². The number of piperazine rings is 1.